The monoisotopic (exact) mass is 541 g/mol. The van der Waals surface area contributed by atoms with Gasteiger partial charge in [0.25, 0.3) is 10.0 Å². The number of para-hydroxylation sites is 1. The first-order valence-corrected chi connectivity index (χ1v) is 14.0. The first-order chi connectivity index (χ1) is 17.2. The number of sulfonamides is 1. The molecule has 2 heterocycles. The van der Waals surface area contributed by atoms with Crippen molar-refractivity contribution < 1.29 is 17.6 Å². The number of Topliss-reactive ketones (excluding diaryl/α,β-unsaturated/α-hetero) is 1. The Morgan fingerprint density at radius 1 is 1.00 bits per heavy atom. The molecule has 0 saturated heterocycles. The summed E-state index contributed by atoms with van der Waals surface area (Å²) in [4.78, 5) is 12.6. The SMILES string of the molecule is CCCC[C@@]1(Cl)C(=O)c2oc3ccccc3c2N(S(=O)(=O)c2ccc(C)cc2)[C@H]1c1ccc(Cl)cc1. The number of unbranched alkanes of at least 4 members (excludes halogenated alkanes) is 1. The number of halogens is 2. The molecule has 2 atom stereocenters. The Kier molecular flexibility index (Phi) is 6.39. The molecule has 5 rings (SSSR count). The van der Waals surface area contributed by atoms with E-state index in [0.29, 0.717) is 28.0 Å². The summed E-state index contributed by atoms with van der Waals surface area (Å²) in [5.74, 6) is -0.456. The van der Waals surface area contributed by atoms with E-state index in [4.69, 9.17) is 27.6 Å². The van der Waals surface area contributed by atoms with E-state index in [1.54, 1.807) is 72.8 Å². The lowest BCUT2D eigenvalue weighted by molar-refractivity contribution is 0.0880. The van der Waals surface area contributed by atoms with Crippen LogP contribution in [0, 0.1) is 6.92 Å². The predicted octanol–water partition coefficient (Wildman–Crippen LogP) is 7.70. The fraction of sp³-hybridized carbons (Fsp3) is 0.250. The van der Waals surface area contributed by atoms with E-state index in [2.05, 4.69) is 0 Å². The van der Waals surface area contributed by atoms with Crippen LogP contribution in [0.25, 0.3) is 11.0 Å². The summed E-state index contributed by atoms with van der Waals surface area (Å²) in [6.45, 7) is 3.89. The summed E-state index contributed by atoms with van der Waals surface area (Å²) in [5, 5.41) is 1.03. The average molecular weight is 542 g/mol. The normalized spacial score (nSPS) is 20.1. The largest absolute Gasteiger partial charge is 0.451 e. The lowest BCUT2D eigenvalue weighted by atomic mass is 9.80. The van der Waals surface area contributed by atoms with Gasteiger partial charge in [-0.2, -0.15) is 0 Å². The Morgan fingerprint density at radius 3 is 2.33 bits per heavy atom. The molecule has 0 aliphatic carbocycles. The van der Waals surface area contributed by atoms with Gasteiger partial charge in [0.05, 0.1) is 10.9 Å². The van der Waals surface area contributed by atoms with Gasteiger partial charge in [-0.05, 0) is 55.3 Å². The van der Waals surface area contributed by atoms with E-state index in [-0.39, 0.29) is 22.8 Å². The Morgan fingerprint density at radius 2 is 1.67 bits per heavy atom. The number of aryl methyl sites for hydroxylation is 1. The van der Waals surface area contributed by atoms with Crippen LogP contribution in [0.15, 0.2) is 82.1 Å². The van der Waals surface area contributed by atoms with Gasteiger partial charge in [0.15, 0.2) is 5.76 Å². The van der Waals surface area contributed by atoms with E-state index < -0.39 is 26.7 Å². The molecule has 0 radical (unpaired) electrons. The number of nitrogens with zero attached hydrogens (tertiary/aromatic N) is 1. The van der Waals surface area contributed by atoms with Crippen molar-refractivity contribution in [3.63, 3.8) is 0 Å². The van der Waals surface area contributed by atoms with Crippen molar-refractivity contribution >= 4 is 55.7 Å². The molecular formula is C28H25Cl2NO4S. The molecule has 5 nitrogen and oxygen atoms in total. The van der Waals surface area contributed by atoms with Gasteiger partial charge in [0.1, 0.15) is 16.1 Å². The second kappa shape index (κ2) is 9.25. The molecule has 3 aromatic carbocycles. The minimum atomic E-state index is -4.18. The van der Waals surface area contributed by atoms with Crippen LogP contribution in [-0.4, -0.2) is 19.1 Å². The average Bonchev–Trinajstić information content (AvgIpc) is 3.25. The molecular weight excluding hydrogens is 517 g/mol. The number of ketones is 1. The number of anilines is 1. The summed E-state index contributed by atoms with van der Waals surface area (Å²) in [6.07, 6.45) is 1.69. The minimum absolute atomic E-state index is 0.0387. The highest BCUT2D eigenvalue weighted by Gasteiger charge is 2.57. The number of alkyl halides is 1. The molecule has 0 saturated carbocycles. The first kappa shape index (κ1) is 24.9. The molecule has 1 aliphatic rings. The van der Waals surface area contributed by atoms with Gasteiger partial charge in [0.2, 0.25) is 5.78 Å². The summed E-state index contributed by atoms with van der Waals surface area (Å²) in [5.41, 5.74) is 2.14. The summed E-state index contributed by atoms with van der Waals surface area (Å²) < 4.78 is 36.1. The van der Waals surface area contributed by atoms with Gasteiger partial charge < -0.3 is 4.42 Å². The van der Waals surface area contributed by atoms with Gasteiger partial charge in [-0.25, -0.2) is 8.42 Å². The van der Waals surface area contributed by atoms with Crippen LogP contribution in [0.4, 0.5) is 5.69 Å². The molecule has 1 aliphatic heterocycles. The Balaban J connectivity index is 1.87. The van der Waals surface area contributed by atoms with Crippen molar-refractivity contribution in [3.05, 3.63) is 94.7 Å². The smallest absolute Gasteiger partial charge is 0.265 e. The Hall–Kier alpha value is -2.80. The third-order valence-corrected chi connectivity index (χ3v) is 9.30. The van der Waals surface area contributed by atoms with Crippen molar-refractivity contribution in [1.82, 2.24) is 0 Å². The highest BCUT2D eigenvalue weighted by Crippen LogP contribution is 2.55. The third-order valence-electron chi connectivity index (χ3n) is 6.70. The molecule has 0 amide bonds. The molecule has 1 aromatic heterocycles. The number of fused-ring (bicyclic) bond motifs is 3. The van der Waals surface area contributed by atoms with Gasteiger partial charge in [-0.3, -0.25) is 9.10 Å². The number of hydrogen-bond donors (Lipinski definition) is 0. The van der Waals surface area contributed by atoms with E-state index in [1.165, 1.54) is 4.31 Å². The molecule has 0 unspecified atom stereocenters. The summed E-state index contributed by atoms with van der Waals surface area (Å²) in [7, 11) is -4.18. The fourth-order valence-electron chi connectivity index (χ4n) is 4.84. The number of hydrogen-bond acceptors (Lipinski definition) is 4. The highest BCUT2D eigenvalue weighted by molar-refractivity contribution is 7.93. The van der Waals surface area contributed by atoms with Gasteiger partial charge >= 0.3 is 0 Å². The molecule has 36 heavy (non-hydrogen) atoms. The number of rotatable bonds is 6. The van der Waals surface area contributed by atoms with Crippen molar-refractivity contribution in [2.75, 3.05) is 4.31 Å². The van der Waals surface area contributed by atoms with Crippen molar-refractivity contribution in [2.24, 2.45) is 0 Å². The van der Waals surface area contributed by atoms with Crippen molar-refractivity contribution in [1.29, 1.82) is 0 Å². The van der Waals surface area contributed by atoms with E-state index >= 15 is 0 Å². The van der Waals surface area contributed by atoms with Gasteiger partial charge in [-0.1, -0.05) is 73.3 Å². The topological polar surface area (TPSA) is 67.6 Å². The van der Waals surface area contributed by atoms with E-state index in [1.807, 2.05) is 13.8 Å². The van der Waals surface area contributed by atoms with Crippen LogP contribution in [-0.2, 0) is 10.0 Å². The quantitative estimate of drug-likeness (QED) is 0.234. The number of benzene rings is 3. The molecule has 0 bridgehead atoms. The maximum atomic E-state index is 14.4. The van der Waals surface area contributed by atoms with Crippen LogP contribution in [0.3, 0.4) is 0 Å². The standard InChI is InChI=1S/C28H25Cl2NO4S/c1-3-4-17-28(30)26(19-11-13-20(29)14-12-19)31(36(33,34)21-15-9-18(2)10-16-21)24-22-7-5-6-8-23(22)35-25(24)27(28)32/h5-16,26H,3-4,17H2,1-2H3/t26-,28-/m0/s1. The fourth-order valence-corrected chi connectivity index (χ4v) is 7.18. The zero-order chi connectivity index (χ0) is 25.7. The molecule has 4 aromatic rings. The van der Waals surface area contributed by atoms with E-state index in [9.17, 15) is 13.2 Å². The maximum Gasteiger partial charge on any atom is 0.265 e. The number of furan rings is 1. The maximum absolute atomic E-state index is 14.4. The molecule has 186 valence electrons. The molecule has 8 heteroatoms. The third kappa shape index (κ3) is 3.92. The second-order valence-corrected chi connectivity index (χ2v) is 12.1. The Bertz CT molecular complexity index is 1540. The summed E-state index contributed by atoms with van der Waals surface area (Å²) >= 11 is 13.4. The lowest BCUT2D eigenvalue weighted by Crippen LogP contribution is -2.53. The predicted molar refractivity (Wildman–Crippen MR) is 144 cm³/mol. The molecule has 0 fully saturated rings. The van der Waals surface area contributed by atoms with Crippen LogP contribution in [0.1, 0.15) is 53.9 Å². The van der Waals surface area contributed by atoms with Crippen molar-refractivity contribution in [2.45, 2.75) is 48.9 Å². The zero-order valence-corrected chi connectivity index (χ0v) is 22.2. The number of carbonyl (C=O) groups excluding carboxylic acids is 1. The Labute approximate surface area is 220 Å². The van der Waals surface area contributed by atoms with Crippen LogP contribution in [0.2, 0.25) is 5.02 Å². The van der Waals surface area contributed by atoms with Crippen LogP contribution in [0.5, 0.6) is 0 Å². The zero-order valence-electron chi connectivity index (χ0n) is 19.9. The highest BCUT2D eigenvalue weighted by atomic mass is 35.5. The van der Waals surface area contributed by atoms with Gasteiger partial charge in [-0.15, -0.1) is 11.6 Å². The first-order valence-electron chi connectivity index (χ1n) is 11.8. The molecule has 0 spiro atoms. The van der Waals surface area contributed by atoms with E-state index in [0.717, 1.165) is 12.0 Å². The minimum Gasteiger partial charge on any atom is -0.451 e. The second-order valence-electron chi connectivity index (χ2n) is 9.14. The molecule has 0 N–H and O–H groups in total. The van der Waals surface area contributed by atoms with Gasteiger partial charge in [0, 0.05) is 10.4 Å². The number of carbonyl (C=O) groups is 1. The van der Waals surface area contributed by atoms with Crippen LogP contribution >= 0.6 is 23.2 Å². The lowest BCUT2D eigenvalue weighted by Gasteiger charge is -2.45. The van der Waals surface area contributed by atoms with Crippen LogP contribution < -0.4 is 4.31 Å². The van der Waals surface area contributed by atoms with Crippen molar-refractivity contribution in [3.8, 4) is 0 Å². The summed E-state index contributed by atoms with van der Waals surface area (Å²) in [6, 6.07) is 19.5.